The van der Waals surface area contributed by atoms with Gasteiger partial charge in [-0.25, -0.2) is 0 Å². The SMILES string of the molecule is COc1ccc(CN2CCN(C(=O)COc3ccc(C)cc3)CC2)cc1OCc1ccccc1. The van der Waals surface area contributed by atoms with Crippen molar-refractivity contribution in [3.63, 3.8) is 0 Å². The smallest absolute Gasteiger partial charge is 0.260 e. The van der Waals surface area contributed by atoms with Gasteiger partial charge in [-0.3, -0.25) is 9.69 Å². The molecule has 0 saturated carbocycles. The molecule has 0 radical (unpaired) electrons. The van der Waals surface area contributed by atoms with E-state index in [9.17, 15) is 4.79 Å². The van der Waals surface area contributed by atoms with Gasteiger partial charge in [-0.15, -0.1) is 0 Å². The van der Waals surface area contributed by atoms with Crippen LogP contribution in [0.5, 0.6) is 17.2 Å². The number of carbonyl (C=O) groups excluding carboxylic acids is 1. The molecule has 178 valence electrons. The maximum absolute atomic E-state index is 12.6. The van der Waals surface area contributed by atoms with Crippen molar-refractivity contribution in [3.05, 3.63) is 89.5 Å². The molecular weight excluding hydrogens is 428 g/mol. The van der Waals surface area contributed by atoms with E-state index in [2.05, 4.69) is 17.0 Å². The number of hydrogen-bond acceptors (Lipinski definition) is 5. The predicted molar refractivity (Wildman–Crippen MR) is 132 cm³/mol. The van der Waals surface area contributed by atoms with E-state index in [1.54, 1.807) is 7.11 Å². The first kappa shape index (κ1) is 23.6. The maximum Gasteiger partial charge on any atom is 0.260 e. The number of methoxy groups -OCH3 is 1. The first-order valence-electron chi connectivity index (χ1n) is 11.6. The Labute approximate surface area is 201 Å². The number of amides is 1. The van der Waals surface area contributed by atoms with Crippen molar-refractivity contribution >= 4 is 5.91 Å². The summed E-state index contributed by atoms with van der Waals surface area (Å²) in [5.41, 5.74) is 3.44. The summed E-state index contributed by atoms with van der Waals surface area (Å²) in [7, 11) is 1.66. The number of benzene rings is 3. The van der Waals surface area contributed by atoms with E-state index >= 15 is 0 Å². The molecule has 3 aromatic carbocycles. The van der Waals surface area contributed by atoms with Crippen LogP contribution in [0.15, 0.2) is 72.8 Å². The molecule has 1 heterocycles. The molecule has 34 heavy (non-hydrogen) atoms. The zero-order valence-corrected chi connectivity index (χ0v) is 19.9. The van der Waals surface area contributed by atoms with Crippen molar-refractivity contribution in [3.8, 4) is 17.2 Å². The normalized spacial score (nSPS) is 14.0. The molecule has 4 rings (SSSR count). The highest BCUT2D eigenvalue weighted by atomic mass is 16.5. The average Bonchev–Trinajstić information content (AvgIpc) is 2.88. The second-order valence-electron chi connectivity index (χ2n) is 8.52. The fourth-order valence-corrected chi connectivity index (χ4v) is 3.95. The molecular formula is C28H32N2O4. The van der Waals surface area contributed by atoms with E-state index in [0.29, 0.717) is 19.7 Å². The topological polar surface area (TPSA) is 51.2 Å². The van der Waals surface area contributed by atoms with Gasteiger partial charge in [0, 0.05) is 32.7 Å². The lowest BCUT2D eigenvalue weighted by atomic mass is 10.1. The summed E-state index contributed by atoms with van der Waals surface area (Å²) in [6.45, 7) is 6.43. The lowest BCUT2D eigenvalue weighted by Crippen LogP contribution is -2.49. The standard InChI is InChI=1S/C28H32N2O4/c1-22-8-11-25(12-9-22)33-21-28(31)30-16-14-29(15-17-30)19-24-10-13-26(32-2)27(18-24)34-20-23-6-4-3-5-7-23/h3-13,18H,14-17,19-21H2,1-2H3. The molecule has 0 spiro atoms. The molecule has 0 atom stereocenters. The average molecular weight is 461 g/mol. The first-order valence-corrected chi connectivity index (χ1v) is 11.6. The van der Waals surface area contributed by atoms with E-state index in [-0.39, 0.29) is 12.5 Å². The highest BCUT2D eigenvalue weighted by Gasteiger charge is 2.22. The second kappa shape index (κ2) is 11.6. The van der Waals surface area contributed by atoms with Crippen LogP contribution in [0.1, 0.15) is 16.7 Å². The summed E-state index contributed by atoms with van der Waals surface area (Å²) in [6.07, 6.45) is 0. The van der Waals surface area contributed by atoms with E-state index < -0.39 is 0 Å². The van der Waals surface area contributed by atoms with Crippen molar-refractivity contribution in [1.29, 1.82) is 0 Å². The summed E-state index contributed by atoms with van der Waals surface area (Å²) in [5.74, 6) is 2.22. The van der Waals surface area contributed by atoms with Gasteiger partial charge in [-0.1, -0.05) is 54.1 Å². The Morgan fingerprint density at radius 2 is 1.56 bits per heavy atom. The minimum atomic E-state index is 0.0290. The molecule has 1 saturated heterocycles. The molecule has 1 amide bonds. The minimum Gasteiger partial charge on any atom is -0.493 e. The van der Waals surface area contributed by atoms with Crippen molar-refractivity contribution in [2.24, 2.45) is 0 Å². The minimum absolute atomic E-state index is 0.0290. The Bertz CT molecular complexity index is 1060. The Hall–Kier alpha value is -3.51. The molecule has 6 nitrogen and oxygen atoms in total. The highest BCUT2D eigenvalue weighted by Crippen LogP contribution is 2.29. The van der Waals surface area contributed by atoms with Crippen LogP contribution in [0.4, 0.5) is 0 Å². The van der Waals surface area contributed by atoms with Gasteiger partial charge in [0.1, 0.15) is 12.4 Å². The molecule has 1 aliphatic rings. The lowest BCUT2D eigenvalue weighted by Gasteiger charge is -2.34. The molecule has 0 bridgehead atoms. The number of nitrogens with zero attached hydrogens (tertiary/aromatic N) is 2. The number of hydrogen-bond donors (Lipinski definition) is 0. The summed E-state index contributed by atoms with van der Waals surface area (Å²) in [4.78, 5) is 16.8. The van der Waals surface area contributed by atoms with Crippen LogP contribution in [0, 0.1) is 6.92 Å². The van der Waals surface area contributed by atoms with Gasteiger partial charge < -0.3 is 19.1 Å². The Morgan fingerprint density at radius 1 is 0.824 bits per heavy atom. The molecule has 3 aromatic rings. The van der Waals surface area contributed by atoms with Crippen LogP contribution >= 0.6 is 0 Å². The third-order valence-corrected chi connectivity index (χ3v) is 5.98. The maximum atomic E-state index is 12.6. The van der Waals surface area contributed by atoms with E-state index in [4.69, 9.17) is 14.2 Å². The Kier molecular flexibility index (Phi) is 8.04. The number of piperazine rings is 1. The van der Waals surface area contributed by atoms with Crippen molar-refractivity contribution in [2.75, 3.05) is 39.9 Å². The fourth-order valence-electron chi connectivity index (χ4n) is 3.95. The number of aryl methyl sites for hydroxylation is 1. The second-order valence-corrected chi connectivity index (χ2v) is 8.52. The molecule has 0 unspecified atom stereocenters. The first-order chi connectivity index (χ1) is 16.6. The summed E-state index contributed by atoms with van der Waals surface area (Å²) in [5, 5.41) is 0. The quantitative estimate of drug-likeness (QED) is 0.476. The van der Waals surface area contributed by atoms with Gasteiger partial charge in [0.25, 0.3) is 5.91 Å². The molecule has 1 aliphatic heterocycles. The Morgan fingerprint density at radius 3 is 2.26 bits per heavy atom. The highest BCUT2D eigenvalue weighted by molar-refractivity contribution is 5.77. The summed E-state index contributed by atoms with van der Waals surface area (Å²) < 4.78 is 17.2. The zero-order valence-electron chi connectivity index (χ0n) is 19.9. The van der Waals surface area contributed by atoms with Crippen LogP contribution in [0.2, 0.25) is 0 Å². The lowest BCUT2D eigenvalue weighted by molar-refractivity contribution is -0.135. The van der Waals surface area contributed by atoms with Gasteiger partial charge in [0.2, 0.25) is 0 Å². The molecule has 0 aromatic heterocycles. The van der Waals surface area contributed by atoms with Gasteiger partial charge in [-0.05, 0) is 42.3 Å². The van der Waals surface area contributed by atoms with E-state index in [1.807, 2.05) is 72.5 Å². The predicted octanol–water partition coefficient (Wildman–Crippen LogP) is 4.31. The number of ether oxygens (including phenoxy) is 3. The van der Waals surface area contributed by atoms with Crippen molar-refractivity contribution < 1.29 is 19.0 Å². The van der Waals surface area contributed by atoms with Crippen molar-refractivity contribution in [2.45, 2.75) is 20.1 Å². The molecule has 0 aliphatic carbocycles. The third kappa shape index (κ3) is 6.51. The van der Waals surface area contributed by atoms with Crippen LogP contribution in [0.3, 0.4) is 0 Å². The van der Waals surface area contributed by atoms with Crippen LogP contribution < -0.4 is 14.2 Å². The summed E-state index contributed by atoms with van der Waals surface area (Å²) in [6, 6.07) is 23.9. The van der Waals surface area contributed by atoms with E-state index in [0.717, 1.165) is 48.0 Å². The summed E-state index contributed by atoms with van der Waals surface area (Å²) >= 11 is 0. The van der Waals surface area contributed by atoms with Gasteiger partial charge in [0.15, 0.2) is 18.1 Å². The van der Waals surface area contributed by atoms with Crippen LogP contribution in [0.25, 0.3) is 0 Å². The molecule has 0 N–H and O–H groups in total. The zero-order chi connectivity index (χ0) is 23.8. The monoisotopic (exact) mass is 460 g/mol. The van der Waals surface area contributed by atoms with E-state index in [1.165, 1.54) is 5.56 Å². The largest absolute Gasteiger partial charge is 0.493 e. The van der Waals surface area contributed by atoms with Gasteiger partial charge in [0.05, 0.1) is 7.11 Å². The third-order valence-electron chi connectivity index (χ3n) is 5.98. The molecule has 1 fully saturated rings. The number of rotatable bonds is 9. The van der Waals surface area contributed by atoms with Gasteiger partial charge >= 0.3 is 0 Å². The van der Waals surface area contributed by atoms with Crippen molar-refractivity contribution in [1.82, 2.24) is 9.80 Å². The fraction of sp³-hybridized carbons (Fsp3) is 0.321. The Balaban J connectivity index is 1.26. The molecule has 6 heteroatoms. The van der Waals surface area contributed by atoms with Crippen LogP contribution in [-0.4, -0.2) is 55.6 Å². The van der Waals surface area contributed by atoms with Crippen LogP contribution in [-0.2, 0) is 17.9 Å². The van der Waals surface area contributed by atoms with Gasteiger partial charge in [-0.2, -0.15) is 0 Å². The number of carbonyl (C=O) groups is 1.